The number of hydrogen-bond donors (Lipinski definition) is 2. The maximum atomic E-state index is 12.7. The summed E-state index contributed by atoms with van der Waals surface area (Å²) in [6, 6.07) is 7.64. The van der Waals surface area contributed by atoms with Crippen LogP contribution in [0.5, 0.6) is 0 Å². The normalized spacial score (nSPS) is 21.0. The van der Waals surface area contributed by atoms with Gasteiger partial charge >= 0.3 is 0 Å². The van der Waals surface area contributed by atoms with Crippen LogP contribution in [0.2, 0.25) is 0 Å². The zero-order valence-electron chi connectivity index (χ0n) is 13.5. The molecule has 1 fully saturated rings. The van der Waals surface area contributed by atoms with E-state index in [1.807, 2.05) is 43.7 Å². The SMILES string of the molecule is Cn1cc([C@H]2OCCC[C@@H]2NC(=O)c2ccc3cc[nH]c3c2)cn1. The Bertz CT molecular complexity index is 867. The molecule has 0 radical (unpaired) electrons. The van der Waals surface area contributed by atoms with Crippen molar-refractivity contribution in [3.63, 3.8) is 0 Å². The molecule has 6 nitrogen and oxygen atoms in total. The summed E-state index contributed by atoms with van der Waals surface area (Å²) in [5, 5.41) is 8.44. The average Bonchev–Trinajstić information content (AvgIpc) is 3.23. The lowest BCUT2D eigenvalue weighted by atomic mass is 9.97. The van der Waals surface area contributed by atoms with Crippen LogP contribution >= 0.6 is 0 Å². The number of nitrogens with zero attached hydrogens (tertiary/aromatic N) is 2. The highest BCUT2D eigenvalue weighted by atomic mass is 16.5. The van der Waals surface area contributed by atoms with Crippen molar-refractivity contribution in [3.8, 4) is 0 Å². The van der Waals surface area contributed by atoms with Crippen molar-refractivity contribution in [3.05, 3.63) is 54.0 Å². The van der Waals surface area contributed by atoms with Crippen molar-refractivity contribution in [1.82, 2.24) is 20.1 Å². The summed E-state index contributed by atoms with van der Waals surface area (Å²) in [6.45, 7) is 0.709. The average molecular weight is 324 g/mol. The largest absolute Gasteiger partial charge is 0.371 e. The van der Waals surface area contributed by atoms with Gasteiger partial charge in [-0.3, -0.25) is 9.48 Å². The second kappa shape index (κ2) is 6.13. The molecule has 1 amide bonds. The number of H-pyrrole nitrogens is 1. The minimum Gasteiger partial charge on any atom is -0.371 e. The Balaban J connectivity index is 1.54. The molecule has 2 atom stereocenters. The lowest BCUT2D eigenvalue weighted by molar-refractivity contribution is -0.00949. The molecule has 0 unspecified atom stereocenters. The Morgan fingerprint density at radius 1 is 1.42 bits per heavy atom. The first kappa shape index (κ1) is 15.0. The van der Waals surface area contributed by atoms with Gasteiger partial charge in [-0.1, -0.05) is 6.07 Å². The van der Waals surface area contributed by atoms with Gasteiger partial charge in [0.2, 0.25) is 0 Å². The zero-order valence-corrected chi connectivity index (χ0v) is 13.5. The molecule has 124 valence electrons. The number of aromatic nitrogens is 3. The van der Waals surface area contributed by atoms with Crippen LogP contribution in [-0.2, 0) is 11.8 Å². The topological polar surface area (TPSA) is 71.9 Å². The smallest absolute Gasteiger partial charge is 0.251 e. The van der Waals surface area contributed by atoms with Crippen molar-refractivity contribution < 1.29 is 9.53 Å². The molecule has 2 N–H and O–H groups in total. The molecule has 3 heterocycles. The number of rotatable bonds is 3. The lowest BCUT2D eigenvalue weighted by Crippen LogP contribution is -2.42. The third kappa shape index (κ3) is 2.80. The number of fused-ring (bicyclic) bond motifs is 1. The van der Waals surface area contributed by atoms with Crippen LogP contribution in [0.15, 0.2) is 42.9 Å². The molecule has 3 aromatic rings. The molecule has 0 saturated carbocycles. The summed E-state index contributed by atoms with van der Waals surface area (Å²) >= 11 is 0. The molecule has 24 heavy (non-hydrogen) atoms. The minimum absolute atomic E-state index is 0.0465. The first-order valence-electron chi connectivity index (χ1n) is 8.19. The maximum Gasteiger partial charge on any atom is 0.251 e. The predicted octanol–water partition coefficient (Wildman–Crippen LogP) is 2.55. The van der Waals surface area contributed by atoms with Gasteiger partial charge in [0.1, 0.15) is 6.10 Å². The molecule has 1 saturated heterocycles. The monoisotopic (exact) mass is 324 g/mol. The summed E-state index contributed by atoms with van der Waals surface area (Å²) < 4.78 is 7.67. The molecule has 0 bridgehead atoms. The summed E-state index contributed by atoms with van der Waals surface area (Å²) in [5.74, 6) is -0.0732. The van der Waals surface area contributed by atoms with Gasteiger partial charge in [0.05, 0.1) is 12.2 Å². The van der Waals surface area contributed by atoms with E-state index in [9.17, 15) is 4.79 Å². The quantitative estimate of drug-likeness (QED) is 0.778. The zero-order chi connectivity index (χ0) is 16.5. The lowest BCUT2D eigenvalue weighted by Gasteiger charge is -2.31. The van der Waals surface area contributed by atoms with Crippen LogP contribution in [0.1, 0.15) is 34.9 Å². The van der Waals surface area contributed by atoms with Crippen molar-refractivity contribution in [2.45, 2.75) is 25.0 Å². The number of hydrogen-bond acceptors (Lipinski definition) is 3. The number of carbonyl (C=O) groups is 1. The Kier molecular flexibility index (Phi) is 3.82. The molecular formula is C18H20N4O2. The second-order valence-corrected chi connectivity index (χ2v) is 6.24. The first-order chi connectivity index (χ1) is 11.7. The van der Waals surface area contributed by atoms with Gasteiger partial charge in [0.25, 0.3) is 5.91 Å². The van der Waals surface area contributed by atoms with Gasteiger partial charge in [-0.2, -0.15) is 5.10 Å². The van der Waals surface area contributed by atoms with Crippen LogP contribution in [0.3, 0.4) is 0 Å². The molecule has 1 aliphatic heterocycles. The highest BCUT2D eigenvalue weighted by Gasteiger charge is 2.30. The number of amides is 1. The molecule has 0 aliphatic carbocycles. The summed E-state index contributed by atoms with van der Waals surface area (Å²) in [5.41, 5.74) is 2.62. The van der Waals surface area contributed by atoms with Crippen molar-refractivity contribution in [1.29, 1.82) is 0 Å². The van der Waals surface area contributed by atoms with Crippen LogP contribution in [-0.4, -0.2) is 33.3 Å². The third-order valence-corrected chi connectivity index (χ3v) is 4.51. The van der Waals surface area contributed by atoms with E-state index in [4.69, 9.17) is 4.74 Å². The van der Waals surface area contributed by atoms with Crippen LogP contribution in [0.25, 0.3) is 10.9 Å². The van der Waals surface area contributed by atoms with Crippen molar-refractivity contribution in [2.24, 2.45) is 7.05 Å². The van der Waals surface area contributed by atoms with Crippen molar-refractivity contribution >= 4 is 16.8 Å². The van der Waals surface area contributed by atoms with Crippen molar-refractivity contribution in [2.75, 3.05) is 6.61 Å². The number of aryl methyl sites for hydroxylation is 1. The molecule has 0 spiro atoms. The molecule has 6 heteroatoms. The number of carbonyl (C=O) groups excluding carboxylic acids is 1. The van der Waals surface area contributed by atoms with E-state index in [-0.39, 0.29) is 18.1 Å². The van der Waals surface area contributed by atoms with Gasteiger partial charge in [-0.25, -0.2) is 0 Å². The predicted molar refractivity (Wildman–Crippen MR) is 90.7 cm³/mol. The molecule has 4 rings (SSSR count). The Labute approximate surface area is 139 Å². The van der Waals surface area contributed by atoms with E-state index in [0.717, 1.165) is 29.3 Å². The summed E-state index contributed by atoms with van der Waals surface area (Å²) in [6.07, 6.45) is 7.32. The second-order valence-electron chi connectivity index (χ2n) is 6.24. The Hall–Kier alpha value is -2.60. The maximum absolute atomic E-state index is 12.7. The first-order valence-corrected chi connectivity index (χ1v) is 8.19. The van der Waals surface area contributed by atoms with E-state index in [0.29, 0.717) is 12.2 Å². The Morgan fingerprint density at radius 3 is 3.17 bits per heavy atom. The Morgan fingerprint density at radius 2 is 2.33 bits per heavy atom. The third-order valence-electron chi connectivity index (χ3n) is 4.51. The fourth-order valence-corrected chi connectivity index (χ4v) is 3.29. The van der Waals surface area contributed by atoms with E-state index in [1.165, 1.54) is 0 Å². The summed E-state index contributed by atoms with van der Waals surface area (Å²) in [7, 11) is 1.88. The standard InChI is InChI=1S/C18H20N4O2/c1-22-11-14(10-20-22)17-15(3-2-8-24-17)21-18(23)13-5-4-12-6-7-19-16(12)9-13/h4-7,9-11,15,17,19H,2-3,8H2,1H3,(H,21,23)/t15-,17+/m0/s1. The van der Waals surface area contributed by atoms with Gasteiger partial charge in [0.15, 0.2) is 0 Å². The van der Waals surface area contributed by atoms with E-state index in [2.05, 4.69) is 15.4 Å². The molecular weight excluding hydrogens is 304 g/mol. The molecule has 1 aromatic carbocycles. The minimum atomic E-state index is -0.148. The van der Waals surface area contributed by atoms with Gasteiger partial charge in [0, 0.05) is 42.7 Å². The van der Waals surface area contributed by atoms with Crippen LogP contribution in [0.4, 0.5) is 0 Å². The van der Waals surface area contributed by atoms with Crippen LogP contribution in [0, 0.1) is 0 Å². The number of benzene rings is 1. The van der Waals surface area contributed by atoms with Gasteiger partial charge in [-0.05, 0) is 36.4 Å². The molecule has 1 aliphatic rings. The summed E-state index contributed by atoms with van der Waals surface area (Å²) in [4.78, 5) is 15.8. The fraction of sp³-hybridized carbons (Fsp3) is 0.333. The highest BCUT2D eigenvalue weighted by Crippen LogP contribution is 2.28. The van der Waals surface area contributed by atoms with Gasteiger partial charge < -0.3 is 15.0 Å². The number of nitrogens with one attached hydrogen (secondary N) is 2. The number of aromatic amines is 1. The van der Waals surface area contributed by atoms with E-state index < -0.39 is 0 Å². The van der Waals surface area contributed by atoms with Crippen LogP contribution < -0.4 is 5.32 Å². The fourth-order valence-electron chi connectivity index (χ4n) is 3.29. The van der Waals surface area contributed by atoms with E-state index in [1.54, 1.807) is 10.9 Å². The van der Waals surface area contributed by atoms with E-state index >= 15 is 0 Å². The van der Waals surface area contributed by atoms with Gasteiger partial charge in [-0.15, -0.1) is 0 Å². The highest BCUT2D eigenvalue weighted by molar-refractivity contribution is 5.98. The molecule has 2 aromatic heterocycles. The number of ether oxygens (including phenoxy) is 1.